The Hall–Kier alpha value is -3.06. The highest BCUT2D eigenvalue weighted by Gasteiger charge is 2.19. The molecule has 8 heteroatoms. The number of aromatic nitrogens is 2. The fourth-order valence-electron chi connectivity index (χ4n) is 2.28. The Morgan fingerprint density at radius 3 is 2.58 bits per heavy atom. The van der Waals surface area contributed by atoms with E-state index in [0.29, 0.717) is 22.3 Å². The topological polar surface area (TPSA) is 83.7 Å². The Morgan fingerprint density at radius 1 is 1.12 bits per heavy atom. The molecule has 0 aliphatic rings. The number of rotatable bonds is 6. The first-order valence-electron chi connectivity index (χ1n) is 7.59. The summed E-state index contributed by atoms with van der Waals surface area (Å²) in [5.41, 5.74) is 0.981. The number of para-hydroxylation sites is 1. The van der Waals surface area contributed by atoms with Crippen LogP contribution in [-0.2, 0) is 11.3 Å². The number of esters is 1. The van der Waals surface area contributed by atoms with Crippen molar-refractivity contribution in [2.24, 2.45) is 0 Å². The molecule has 7 nitrogen and oxygen atoms in total. The predicted octanol–water partition coefficient (Wildman–Crippen LogP) is 3.76. The molecule has 0 saturated heterocycles. The van der Waals surface area contributed by atoms with Gasteiger partial charge in [-0.1, -0.05) is 22.8 Å². The third-order valence-corrected chi connectivity index (χ3v) is 3.77. The van der Waals surface area contributed by atoms with Crippen molar-refractivity contribution in [2.45, 2.75) is 6.61 Å². The molecular formula is C18H15ClN2O5. The van der Waals surface area contributed by atoms with Crippen LogP contribution in [0.25, 0.3) is 11.4 Å². The van der Waals surface area contributed by atoms with Crippen molar-refractivity contribution in [3.8, 4) is 22.9 Å². The quantitative estimate of drug-likeness (QED) is 0.607. The van der Waals surface area contributed by atoms with E-state index in [1.807, 2.05) is 0 Å². The minimum atomic E-state index is -0.591. The average Bonchev–Trinajstić information content (AvgIpc) is 3.14. The summed E-state index contributed by atoms with van der Waals surface area (Å²) in [6.07, 6.45) is 0. The minimum Gasteiger partial charge on any atom is -0.493 e. The fraction of sp³-hybridized carbons (Fsp3) is 0.167. The van der Waals surface area contributed by atoms with Gasteiger partial charge in [0.1, 0.15) is 5.56 Å². The average molecular weight is 375 g/mol. The largest absolute Gasteiger partial charge is 0.493 e. The van der Waals surface area contributed by atoms with Gasteiger partial charge in [0.25, 0.3) is 5.89 Å². The number of hydrogen-bond acceptors (Lipinski definition) is 7. The summed E-state index contributed by atoms with van der Waals surface area (Å²) in [5, 5.41) is 4.47. The van der Waals surface area contributed by atoms with E-state index in [1.54, 1.807) is 42.5 Å². The van der Waals surface area contributed by atoms with E-state index < -0.39 is 5.97 Å². The molecule has 0 N–H and O–H groups in total. The van der Waals surface area contributed by atoms with Crippen LogP contribution in [-0.4, -0.2) is 30.3 Å². The first kappa shape index (κ1) is 17.8. The van der Waals surface area contributed by atoms with Crippen molar-refractivity contribution >= 4 is 17.6 Å². The predicted molar refractivity (Wildman–Crippen MR) is 93.4 cm³/mol. The molecule has 0 spiro atoms. The Balaban J connectivity index is 1.70. The number of halogens is 1. The maximum absolute atomic E-state index is 12.3. The van der Waals surface area contributed by atoms with Gasteiger partial charge in [-0.15, -0.1) is 0 Å². The lowest BCUT2D eigenvalue weighted by molar-refractivity contribution is 0.0425. The van der Waals surface area contributed by atoms with Crippen molar-refractivity contribution in [1.29, 1.82) is 0 Å². The number of carbonyl (C=O) groups is 1. The van der Waals surface area contributed by atoms with Gasteiger partial charge in [-0.2, -0.15) is 4.98 Å². The van der Waals surface area contributed by atoms with Gasteiger partial charge < -0.3 is 18.7 Å². The minimum absolute atomic E-state index is 0.167. The van der Waals surface area contributed by atoms with Gasteiger partial charge in [-0.05, 0) is 36.4 Å². The summed E-state index contributed by atoms with van der Waals surface area (Å²) in [5.74, 6) is 0.695. The van der Waals surface area contributed by atoms with Crippen molar-refractivity contribution in [2.75, 3.05) is 14.2 Å². The molecule has 0 saturated carbocycles. The van der Waals surface area contributed by atoms with Crippen LogP contribution in [0.3, 0.4) is 0 Å². The molecule has 134 valence electrons. The van der Waals surface area contributed by atoms with E-state index in [9.17, 15) is 4.79 Å². The molecule has 2 aromatic carbocycles. The molecule has 0 radical (unpaired) electrons. The van der Waals surface area contributed by atoms with E-state index in [4.69, 9.17) is 30.3 Å². The van der Waals surface area contributed by atoms with E-state index >= 15 is 0 Å². The van der Waals surface area contributed by atoms with Crippen molar-refractivity contribution in [3.05, 3.63) is 58.9 Å². The Labute approximate surface area is 154 Å². The molecule has 1 heterocycles. The second-order valence-electron chi connectivity index (χ2n) is 5.14. The van der Waals surface area contributed by atoms with E-state index in [2.05, 4.69) is 10.1 Å². The zero-order chi connectivity index (χ0) is 18.5. The number of methoxy groups -OCH3 is 2. The molecule has 0 atom stereocenters. The maximum atomic E-state index is 12.3. The highest BCUT2D eigenvalue weighted by atomic mass is 35.5. The molecule has 0 fully saturated rings. The smallest absolute Gasteiger partial charge is 0.342 e. The molecule has 0 bridgehead atoms. The molecule has 0 unspecified atom stereocenters. The SMILES string of the molecule is COc1cccc(C(=O)OCc2nc(-c3ccc(Cl)cc3)no2)c1OC. The lowest BCUT2D eigenvalue weighted by Gasteiger charge is -2.11. The first-order valence-corrected chi connectivity index (χ1v) is 7.97. The van der Waals surface area contributed by atoms with Gasteiger partial charge in [0, 0.05) is 10.6 Å². The number of hydrogen-bond donors (Lipinski definition) is 0. The second kappa shape index (κ2) is 7.88. The van der Waals surface area contributed by atoms with Gasteiger partial charge in [0.05, 0.1) is 14.2 Å². The maximum Gasteiger partial charge on any atom is 0.342 e. The summed E-state index contributed by atoms with van der Waals surface area (Å²) in [7, 11) is 2.94. The molecule has 1 aromatic heterocycles. The molecular weight excluding hydrogens is 360 g/mol. The molecule has 0 aliphatic heterocycles. The van der Waals surface area contributed by atoms with Crippen LogP contribution in [0.15, 0.2) is 47.0 Å². The van der Waals surface area contributed by atoms with E-state index in [0.717, 1.165) is 5.56 Å². The van der Waals surface area contributed by atoms with Crippen LogP contribution < -0.4 is 9.47 Å². The second-order valence-corrected chi connectivity index (χ2v) is 5.57. The zero-order valence-corrected chi connectivity index (χ0v) is 14.8. The summed E-state index contributed by atoms with van der Waals surface area (Å²) in [6, 6.07) is 11.9. The van der Waals surface area contributed by atoms with Gasteiger partial charge in [0.2, 0.25) is 5.82 Å². The number of benzene rings is 2. The van der Waals surface area contributed by atoms with Crippen LogP contribution in [0.4, 0.5) is 0 Å². The fourth-order valence-corrected chi connectivity index (χ4v) is 2.41. The van der Waals surface area contributed by atoms with Crippen molar-refractivity contribution in [3.63, 3.8) is 0 Å². The van der Waals surface area contributed by atoms with Crippen molar-refractivity contribution in [1.82, 2.24) is 10.1 Å². The van der Waals surface area contributed by atoms with Crippen LogP contribution in [0.1, 0.15) is 16.2 Å². The standard InChI is InChI=1S/C18H15ClN2O5/c1-23-14-5-3-4-13(16(14)24-2)18(22)25-10-15-20-17(21-26-15)11-6-8-12(19)9-7-11/h3-9H,10H2,1-2H3. The third-order valence-electron chi connectivity index (χ3n) is 3.52. The lowest BCUT2D eigenvalue weighted by Crippen LogP contribution is -2.08. The molecule has 3 rings (SSSR count). The third kappa shape index (κ3) is 3.78. The zero-order valence-electron chi connectivity index (χ0n) is 14.1. The Kier molecular flexibility index (Phi) is 5.38. The summed E-state index contributed by atoms with van der Waals surface area (Å²) < 4.78 is 20.7. The monoisotopic (exact) mass is 374 g/mol. The van der Waals surface area contributed by atoms with Gasteiger partial charge in [-0.3, -0.25) is 0 Å². The number of ether oxygens (including phenoxy) is 3. The highest BCUT2D eigenvalue weighted by molar-refractivity contribution is 6.30. The highest BCUT2D eigenvalue weighted by Crippen LogP contribution is 2.31. The van der Waals surface area contributed by atoms with E-state index in [1.165, 1.54) is 14.2 Å². The van der Waals surface area contributed by atoms with Gasteiger partial charge in [0.15, 0.2) is 18.1 Å². The molecule has 26 heavy (non-hydrogen) atoms. The summed E-state index contributed by atoms with van der Waals surface area (Å²) in [6.45, 7) is -0.167. The van der Waals surface area contributed by atoms with Crippen LogP contribution >= 0.6 is 11.6 Å². The molecule has 0 aliphatic carbocycles. The first-order chi connectivity index (χ1) is 12.6. The van der Waals surface area contributed by atoms with Gasteiger partial charge in [-0.25, -0.2) is 4.79 Å². The Bertz CT molecular complexity index is 908. The summed E-state index contributed by atoms with van der Waals surface area (Å²) in [4.78, 5) is 16.5. The summed E-state index contributed by atoms with van der Waals surface area (Å²) >= 11 is 5.85. The van der Waals surface area contributed by atoms with Crippen molar-refractivity contribution < 1.29 is 23.5 Å². The molecule has 3 aromatic rings. The number of nitrogens with zero attached hydrogens (tertiary/aromatic N) is 2. The van der Waals surface area contributed by atoms with E-state index in [-0.39, 0.29) is 18.1 Å². The number of carbonyl (C=O) groups excluding carboxylic acids is 1. The normalized spacial score (nSPS) is 10.4. The van der Waals surface area contributed by atoms with Crippen LogP contribution in [0.2, 0.25) is 5.02 Å². The van der Waals surface area contributed by atoms with Crippen LogP contribution in [0, 0.1) is 0 Å². The Morgan fingerprint density at radius 2 is 1.88 bits per heavy atom. The van der Waals surface area contributed by atoms with Gasteiger partial charge >= 0.3 is 5.97 Å². The van der Waals surface area contributed by atoms with Crippen LogP contribution in [0.5, 0.6) is 11.5 Å². The lowest BCUT2D eigenvalue weighted by atomic mass is 10.2. The molecule has 0 amide bonds.